The Kier molecular flexibility index (Phi) is 29.0. The van der Waals surface area contributed by atoms with Crippen LogP contribution in [0.2, 0.25) is 0 Å². The third-order valence-electron chi connectivity index (χ3n) is 12.0. The molecule has 4 aromatic rings. The maximum atomic E-state index is 11.4. The Morgan fingerprint density at radius 3 is 0.803 bits per heavy atom. The van der Waals surface area contributed by atoms with Gasteiger partial charge in [-0.05, 0) is 119 Å². The second-order valence-electron chi connectivity index (χ2n) is 17.2. The Morgan fingerprint density at radius 1 is 0.328 bits per heavy atom. The summed E-state index contributed by atoms with van der Waals surface area (Å²) < 4.78 is 68.5. The van der Waals surface area contributed by atoms with Crippen molar-refractivity contribution >= 4 is 90.7 Å². The summed E-state index contributed by atoms with van der Waals surface area (Å²) >= 11 is 0. The summed E-state index contributed by atoms with van der Waals surface area (Å²) in [6, 6.07) is 18.2. The first kappa shape index (κ1) is 55.9. The largest absolute Gasteiger partial charge is 2.00 e. The summed E-state index contributed by atoms with van der Waals surface area (Å²) in [4.78, 5) is -0.270. The van der Waals surface area contributed by atoms with E-state index >= 15 is 0 Å². The van der Waals surface area contributed by atoms with Crippen LogP contribution >= 0.6 is 0 Å². The molecule has 0 aliphatic heterocycles. The fourth-order valence-electron chi connectivity index (χ4n) is 8.37. The molecule has 0 aliphatic carbocycles. The molecule has 0 atom stereocenters. The predicted octanol–water partition coefficient (Wildman–Crippen LogP) is 14.7. The average molecular weight is 1000 g/mol. The molecule has 61 heavy (non-hydrogen) atoms. The van der Waals surface area contributed by atoms with Gasteiger partial charge in [0, 0.05) is 0 Å². The van der Waals surface area contributed by atoms with Gasteiger partial charge in [-0.1, -0.05) is 193 Å². The topological polar surface area (TPSA) is 114 Å². The first-order valence-corrected chi connectivity index (χ1v) is 26.8. The molecular weight excluding hydrogens is 922 g/mol. The van der Waals surface area contributed by atoms with Crippen molar-refractivity contribution in [3.63, 3.8) is 0 Å². The van der Waals surface area contributed by atoms with E-state index in [0.717, 1.165) is 60.1 Å². The average Bonchev–Trinajstić information content (AvgIpc) is 3.22. The van der Waals surface area contributed by atoms with Crippen LogP contribution in [0.5, 0.6) is 0 Å². The van der Waals surface area contributed by atoms with E-state index in [1.165, 1.54) is 188 Å². The van der Waals surface area contributed by atoms with Crippen LogP contribution < -0.4 is 0 Å². The molecule has 6 nitrogen and oxygen atoms in total. The van der Waals surface area contributed by atoms with E-state index in [2.05, 4.69) is 52.0 Å². The molecule has 0 saturated carbocycles. The number of hydrogen-bond acceptors (Lipinski definition) is 6. The second-order valence-corrected chi connectivity index (χ2v) is 20.0. The summed E-state index contributed by atoms with van der Waals surface area (Å²) in [5.41, 5.74) is 5.44. The zero-order valence-corrected chi connectivity index (χ0v) is 44.6. The number of unbranched alkanes of at least 4 members (excludes halogenated alkanes) is 20. The zero-order valence-electron chi connectivity index (χ0n) is 38.5. The third-order valence-corrected chi connectivity index (χ3v) is 13.7. The first-order valence-electron chi connectivity index (χ1n) is 23.9. The molecule has 0 aromatic heterocycles. The van der Waals surface area contributed by atoms with Crippen molar-refractivity contribution in [2.45, 2.75) is 217 Å². The quantitative estimate of drug-likeness (QED) is 0.0292. The van der Waals surface area contributed by atoms with Gasteiger partial charge in [-0.3, -0.25) is 0 Å². The van der Waals surface area contributed by atoms with E-state index in [0.29, 0.717) is 0 Å². The molecule has 9 heteroatoms. The van der Waals surface area contributed by atoms with Crippen molar-refractivity contribution in [1.29, 1.82) is 0 Å². The van der Waals surface area contributed by atoms with Crippen LogP contribution in [0.3, 0.4) is 0 Å². The Labute approximate surface area is 412 Å². The van der Waals surface area contributed by atoms with Crippen LogP contribution in [0, 0.1) is 0 Å². The molecule has 0 N–H and O–H groups in total. The normalized spacial score (nSPS) is 11.8. The van der Waals surface area contributed by atoms with Crippen LogP contribution in [-0.4, -0.2) is 74.8 Å². The van der Waals surface area contributed by atoms with Gasteiger partial charge < -0.3 is 9.11 Å². The first-order chi connectivity index (χ1) is 28.9. The number of fused-ring (bicyclic) bond motifs is 2. The molecule has 4 aromatic carbocycles. The molecule has 0 unspecified atom stereocenters. The Bertz CT molecular complexity index is 1900. The molecule has 0 heterocycles. The molecule has 0 spiro atoms. The standard InChI is InChI=1S/2C26H40O3S.Ba/c2*1-3-5-7-9-11-13-15-22-19-24-17-18-26(30(27,28)29)21-25(24)20-23(22)16-14-12-10-8-6-4-2;/h2*17-21H,3-16H2,1-2H3,(H,27,28,29);/q;;+2/p-2. The van der Waals surface area contributed by atoms with Crippen molar-refractivity contribution in [1.82, 2.24) is 0 Å². The monoisotopic (exact) mass is 1000 g/mol. The van der Waals surface area contributed by atoms with Crippen LogP contribution in [0.15, 0.2) is 70.5 Å². The number of aryl methyl sites for hydroxylation is 4. The van der Waals surface area contributed by atoms with Crippen LogP contribution in [0.25, 0.3) is 21.5 Å². The Hall–Kier alpha value is -1.21. The fraction of sp³-hybridized carbons (Fsp3) is 0.615. The molecule has 0 fully saturated rings. The van der Waals surface area contributed by atoms with E-state index in [1.54, 1.807) is 12.1 Å². The molecule has 0 radical (unpaired) electrons. The van der Waals surface area contributed by atoms with Crippen molar-refractivity contribution in [2.24, 2.45) is 0 Å². The number of rotatable bonds is 30. The van der Waals surface area contributed by atoms with Crippen molar-refractivity contribution in [3.8, 4) is 0 Å². The zero-order chi connectivity index (χ0) is 43.6. The maximum absolute atomic E-state index is 11.4. The minimum atomic E-state index is -4.42. The molecule has 0 bridgehead atoms. The molecule has 0 amide bonds. The van der Waals surface area contributed by atoms with E-state index in [1.807, 2.05) is 0 Å². The minimum absolute atomic E-state index is 0. The van der Waals surface area contributed by atoms with Gasteiger partial charge in [-0.25, -0.2) is 16.8 Å². The van der Waals surface area contributed by atoms with E-state index in [9.17, 15) is 25.9 Å². The third kappa shape index (κ3) is 22.0. The van der Waals surface area contributed by atoms with Gasteiger partial charge in [0.25, 0.3) is 0 Å². The molecule has 0 aliphatic rings. The summed E-state index contributed by atoms with van der Waals surface area (Å²) in [5, 5.41) is 3.77. The summed E-state index contributed by atoms with van der Waals surface area (Å²) in [6.07, 6.45) is 34.7. The van der Waals surface area contributed by atoms with E-state index in [-0.39, 0.29) is 58.7 Å². The van der Waals surface area contributed by atoms with Crippen LogP contribution in [0.1, 0.15) is 204 Å². The van der Waals surface area contributed by atoms with Crippen LogP contribution in [-0.2, 0) is 45.9 Å². The number of hydrogen-bond donors (Lipinski definition) is 0. The molecule has 4 rings (SSSR count). The van der Waals surface area contributed by atoms with Gasteiger partial charge in [-0.2, -0.15) is 0 Å². The number of benzene rings is 4. The predicted molar refractivity (Wildman–Crippen MR) is 258 cm³/mol. The molecule has 0 saturated heterocycles. The molecule has 336 valence electrons. The van der Waals surface area contributed by atoms with Gasteiger partial charge in [0.1, 0.15) is 20.2 Å². The van der Waals surface area contributed by atoms with E-state index < -0.39 is 20.2 Å². The van der Waals surface area contributed by atoms with Gasteiger partial charge in [0.05, 0.1) is 9.79 Å². The van der Waals surface area contributed by atoms with Crippen LogP contribution in [0.4, 0.5) is 0 Å². The Morgan fingerprint density at radius 2 is 0.557 bits per heavy atom. The summed E-state index contributed by atoms with van der Waals surface area (Å²) in [6.45, 7) is 8.96. The van der Waals surface area contributed by atoms with E-state index in [4.69, 9.17) is 0 Å². The van der Waals surface area contributed by atoms with Crippen molar-refractivity contribution in [2.75, 3.05) is 0 Å². The summed E-state index contributed by atoms with van der Waals surface area (Å²) in [7, 11) is -8.84. The fourth-order valence-corrected chi connectivity index (χ4v) is 9.38. The maximum Gasteiger partial charge on any atom is 2.00 e. The van der Waals surface area contributed by atoms with Gasteiger partial charge in [0.15, 0.2) is 0 Å². The van der Waals surface area contributed by atoms with Crippen molar-refractivity contribution < 1.29 is 25.9 Å². The van der Waals surface area contributed by atoms with Gasteiger partial charge >= 0.3 is 48.9 Å². The second kappa shape index (κ2) is 31.6. The summed E-state index contributed by atoms with van der Waals surface area (Å²) in [5.74, 6) is 0. The van der Waals surface area contributed by atoms with Gasteiger partial charge in [0.2, 0.25) is 0 Å². The minimum Gasteiger partial charge on any atom is -0.744 e. The Balaban J connectivity index is 0.000000413. The van der Waals surface area contributed by atoms with Crippen molar-refractivity contribution in [3.05, 3.63) is 82.9 Å². The SMILES string of the molecule is CCCCCCCCc1cc2ccc(S(=O)(=O)[O-])cc2cc1CCCCCCCC.CCCCCCCCc1cc2ccc(S(=O)(=O)[O-])cc2cc1CCCCCCCC.[Ba+2]. The smallest absolute Gasteiger partial charge is 0.744 e. The molecular formula is C52H78BaO6S2. The van der Waals surface area contributed by atoms with Gasteiger partial charge in [-0.15, -0.1) is 0 Å².